The van der Waals surface area contributed by atoms with E-state index in [1.54, 1.807) is 24.3 Å². The number of carbonyl (C=O) groups excluding carboxylic acids is 1. The molecule has 0 heterocycles. The van der Waals surface area contributed by atoms with Gasteiger partial charge in [-0.15, -0.1) is 0 Å². The number of alkyl halides is 1. The Morgan fingerprint density at radius 3 is 2.93 bits per heavy atom. The van der Waals surface area contributed by atoms with Gasteiger partial charge in [0, 0.05) is 22.0 Å². The van der Waals surface area contributed by atoms with Gasteiger partial charge in [-0.05, 0) is 24.6 Å². The molecule has 82 valence electrons. The average Bonchev–Trinajstić information content (AvgIpc) is 2.25. The molecule has 0 saturated carbocycles. The lowest BCUT2D eigenvalue weighted by atomic mass is 10.2. The molecule has 1 unspecified atom stereocenters. The van der Waals surface area contributed by atoms with Gasteiger partial charge in [-0.2, -0.15) is 0 Å². The zero-order valence-electron chi connectivity index (χ0n) is 8.47. The first kappa shape index (κ1) is 12.5. The molecule has 0 aromatic heterocycles. The van der Waals surface area contributed by atoms with Crippen LogP contribution in [0.25, 0.3) is 0 Å². The Bertz CT molecular complexity index is 343. The van der Waals surface area contributed by atoms with Crippen molar-refractivity contribution in [3.63, 3.8) is 0 Å². The van der Waals surface area contributed by atoms with E-state index < -0.39 is 0 Å². The highest BCUT2D eigenvalue weighted by atomic mass is 79.9. The highest BCUT2D eigenvalue weighted by molar-refractivity contribution is 9.09. The van der Waals surface area contributed by atoms with Gasteiger partial charge in [0.05, 0.1) is 0 Å². The molecule has 1 amide bonds. The zero-order chi connectivity index (χ0) is 11.3. The lowest BCUT2D eigenvalue weighted by Crippen LogP contribution is -2.29. The van der Waals surface area contributed by atoms with Crippen LogP contribution in [0.3, 0.4) is 0 Å². The minimum Gasteiger partial charge on any atom is -0.351 e. The van der Waals surface area contributed by atoms with Crippen LogP contribution in [0.5, 0.6) is 0 Å². The summed E-state index contributed by atoms with van der Waals surface area (Å²) in [6, 6.07) is 6.92. The monoisotopic (exact) mass is 289 g/mol. The summed E-state index contributed by atoms with van der Waals surface area (Å²) in [7, 11) is 0. The van der Waals surface area contributed by atoms with Crippen molar-refractivity contribution in [3.8, 4) is 0 Å². The van der Waals surface area contributed by atoms with E-state index in [4.69, 9.17) is 11.6 Å². The average molecular weight is 291 g/mol. The Balaban J connectivity index is 2.54. The highest BCUT2D eigenvalue weighted by Gasteiger charge is 2.07. The molecule has 15 heavy (non-hydrogen) atoms. The number of halogens is 2. The van der Waals surface area contributed by atoms with Gasteiger partial charge in [0.1, 0.15) is 0 Å². The summed E-state index contributed by atoms with van der Waals surface area (Å²) < 4.78 is 0. The molecule has 0 aliphatic rings. The van der Waals surface area contributed by atoms with Crippen LogP contribution in [0, 0.1) is 0 Å². The number of amides is 1. The van der Waals surface area contributed by atoms with Gasteiger partial charge in [-0.1, -0.05) is 40.5 Å². The van der Waals surface area contributed by atoms with Gasteiger partial charge in [-0.3, -0.25) is 4.79 Å². The molecule has 4 heteroatoms. The van der Waals surface area contributed by atoms with Gasteiger partial charge in [0.15, 0.2) is 0 Å². The standard InChI is InChI=1S/C11H13BrClNO/c1-2-9(12)7-14-11(15)8-4-3-5-10(13)6-8/h3-6,9H,2,7H2,1H3,(H,14,15). The van der Waals surface area contributed by atoms with E-state index in [0.29, 0.717) is 22.0 Å². The Hall–Kier alpha value is -0.540. The second-order valence-corrected chi connectivity index (χ2v) is 4.96. The summed E-state index contributed by atoms with van der Waals surface area (Å²) in [5.41, 5.74) is 0.596. The smallest absolute Gasteiger partial charge is 0.251 e. The number of hydrogen-bond donors (Lipinski definition) is 1. The summed E-state index contributed by atoms with van der Waals surface area (Å²) in [6.07, 6.45) is 0.982. The summed E-state index contributed by atoms with van der Waals surface area (Å²) >= 11 is 9.24. The van der Waals surface area contributed by atoms with E-state index in [1.165, 1.54) is 0 Å². The van der Waals surface area contributed by atoms with E-state index in [9.17, 15) is 4.79 Å². The maximum atomic E-state index is 11.6. The molecule has 0 spiro atoms. The molecule has 1 aromatic carbocycles. The van der Waals surface area contributed by atoms with Gasteiger partial charge in [0.2, 0.25) is 0 Å². The van der Waals surface area contributed by atoms with Gasteiger partial charge >= 0.3 is 0 Å². The van der Waals surface area contributed by atoms with E-state index in [1.807, 2.05) is 0 Å². The minimum atomic E-state index is -0.0876. The van der Waals surface area contributed by atoms with Crippen molar-refractivity contribution >= 4 is 33.4 Å². The Morgan fingerprint density at radius 1 is 1.60 bits per heavy atom. The van der Waals surface area contributed by atoms with Gasteiger partial charge in [-0.25, -0.2) is 0 Å². The summed E-state index contributed by atoms with van der Waals surface area (Å²) in [4.78, 5) is 11.9. The molecule has 0 saturated heterocycles. The second kappa shape index (κ2) is 6.13. The van der Waals surface area contributed by atoms with E-state index in [2.05, 4.69) is 28.2 Å². The number of rotatable bonds is 4. The first-order chi connectivity index (χ1) is 7.13. The maximum Gasteiger partial charge on any atom is 0.251 e. The van der Waals surface area contributed by atoms with Gasteiger partial charge < -0.3 is 5.32 Å². The van der Waals surface area contributed by atoms with Crippen LogP contribution in [0.4, 0.5) is 0 Å². The molecule has 0 bridgehead atoms. The van der Waals surface area contributed by atoms with Crippen LogP contribution in [-0.4, -0.2) is 17.3 Å². The molecule has 2 nitrogen and oxygen atoms in total. The maximum absolute atomic E-state index is 11.6. The first-order valence-corrected chi connectivity index (χ1v) is 6.10. The molecular formula is C11H13BrClNO. The Kier molecular flexibility index (Phi) is 5.12. The SMILES string of the molecule is CCC(Br)CNC(=O)c1cccc(Cl)c1. The third-order valence-electron chi connectivity index (χ3n) is 2.01. The van der Waals surface area contributed by atoms with Crippen molar-refractivity contribution in [2.45, 2.75) is 18.2 Å². The van der Waals surface area contributed by atoms with Crippen LogP contribution in [0.2, 0.25) is 5.02 Å². The van der Waals surface area contributed by atoms with Crippen LogP contribution in [0.15, 0.2) is 24.3 Å². The molecule has 1 rings (SSSR count). The van der Waals surface area contributed by atoms with Crippen LogP contribution in [0.1, 0.15) is 23.7 Å². The number of benzene rings is 1. The predicted molar refractivity (Wildman–Crippen MR) is 66.8 cm³/mol. The lowest BCUT2D eigenvalue weighted by molar-refractivity contribution is 0.0954. The molecule has 0 fully saturated rings. The highest BCUT2D eigenvalue weighted by Crippen LogP contribution is 2.10. The van der Waals surface area contributed by atoms with Crippen LogP contribution < -0.4 is 5.32 Å². The first-order valence-electron chi connectivity index (χ1n) is 4.81. The topological polar surface area (TPSA) is 29.1 Å². The lowest BCUT2D eigenvalue weighted by Gasteiger charge is -2.08. The Labute approximate surface area is 103 Å². The van der Waals surface area contributed by atoms with Gasteiger partial charge in [0.25, 0.3) is 5.91 Å². The second-order valence-electron chi connectivity index (χ2n) is 3.23. The largest absolute Gasteiger partial charge is 0.351 e. The van der Waals surface area contributed by atoms with Crippen molar-refractivity contribution in [1.29, 1.82) is 0 Å². The summed E-state index contributed by atoms with van der Waals surface area (Å²) in [5.74, 6) is -0.0876. The molecule has 0 aliphatic carbocycles. The van der Waals surface area contributed by atoms with E-state index >= 15 is 0 Å². The fourth-order valence-corrected chi connectivity index (χ4v) is 1.43. The predicted octanol–water partition coefficient (Wildman–Crippen LogP) is 3.24. The molecule has 1 atom stereocenters. The molecule has 1 aromatic rings. The minimum absolute atomic E-state index is 0.0876. The molecular weight excluding hydrogens is 277 g/mol. The van der Waals surface area contributed by atoms with Crippen molar-refractivity contribution in [2.75, 3.05) is 6.54 Å². The third-order valence-corrected chi connectivity index (χ3v) is 3.22. The quantitative estimate of drug-likeness (QED) is 0.848. The fraction of sp³-hybridized carbons (Fsp3) is 0.364. The zero-order valence-corrected chi connectivity index (χ0v) is 10.8. The van der Waals surface area contributed by atoms with Crippen molar-refractivity contribution in [2.24, 2.45) is 0 Å². The van der Waals surface area contributed by atoms with Crippen LogP contribution in [-0.2, 0) is 0 Å². The van der Waals surface area contributed by atoms with E-state index in [-0.39, 0.29) is 5.91 Å². The normalized spacial score (nSPS) is 12.2. The number of nitrogens with one attached hydrogen (secondary N) is 1. The molecule has 0 aliphatic heterocycles. The van der Waals surface area contributed by atoms with Crippen LogP contribution >= 0.6 is 27.5 Å². The fourth-order valence-electron chi connectivity index (χ4n) is 1.08. The summed E-state index contributed by atoms with van der Waals surface area (Å²) in [5, 5.41) is 3.41. The summed E-state index contributed by atoms with van der Waals surface area (Å²) in [6.45, 7) is 2.69. The van der Waals surface area contributed by atoms with E-state index in [0.717, 1.165) is 6.42 Å². The molecule has 0 radical (unpaired) electrons. The molecule has 1 N–H and O–H groups in total. The third kappa shape index (κ3) is 4.22. The van der Waals surface area contributed by atoms with Crippen molar-refractivity contribution in [1.82, 2.24) is 5.32 Å². The van der Waals surface area contributed by atoms with Crippen molar-refractivity contribution in [3.05, 3.63) is 34.9 Å². The number of hydrogen-bond acceptors (Lipinski definition) is 1. The number of carbonyl (C=O) groups is 1. The van der Waals surface area contributed by atoms with Crippen molar-refractivity contribution < 1.29 is 4.79 Å². The Morgan fingerprint density at radius 2 is 2.33 bits per heavy atom.